The summed E-state index contributed by atoms with van der Waals surface area (Å²) >= 11 is 0. The highest BCUT2D eigenvalue weighted by Crippen LogP contribution is 2.39. The van der Waals surface area contributed by atoms with Crippen molar-refractivity contribution in [2.75, 3.05) is 46.4 Å². The normalized spacial score (nSPS) is 16.7. The summed E-state index contributed by atoms with van der Waals surface area (Å²) in [5.74, 6) is -0.161. The number of piperazine rings is 1. The fourth-order valence-electron chi connectivity index (χ4n) is 4.65. The van der Waals surface area contributed by atoms with E-state index in [2.05, 4.69) is 9.80 Å². The second-order valence-corrected chi connectivity index (χ2v) is 9.59. The molecule has 0 bridgehead atoms. The molecule has 0 amide bonds. The van der Waals surface area contributed by atoms with Crippen molar-refractivity contribution in [3.05, 3.63) is 71.0 Å². The molecular weight excluding hydrogens is 516 g/mol. The number of aliphatic carboxylic acids is 1. The number of esters is 1. The van der Waals surface area contributed by atoms with Gasteiger partial charge in [-0.15, -0.1) is 0 Å². The maximum Gasteiger partial charge on any atom is 0.305 e. The Bertz CT molecular complexity index is 1290. The van der Waals surface area contributed by atoms with Gasteiger partial charge >= 0.3 is 11.9 Å². The number of carbonyl (C=O) groups excluding carboxylic acids is 2. The van der Waals surface area contributed by atoms with Crippen molar-refractivity contribution in [2.24, 2.45) is 0 Å². The molecule has 0 aromatic heterocycles. The van der Waals surface area contributed by atoms with Gasteiger partial charge in [-0.05, 0) is 30.7 Å². The molecule has 212 valence electrons. The fraction of sp³-hybridized carbons (Fsp3) is 0.367. The molecule has 2 aromatic carbocycles. The summed E-state index contributed by atoms with van der Waals surface area (Å²) in [7, 11) is 1.60. The van der Waals surface area contributed by atoms with E-state index >= 15 is 0 Å². The van der Waals surface area contributed by atoms with Gasteiger partial charge in [-0.2, -0.15) is 0 Å². The Balaban J connectivity index is 1.30. The number of para-hydroxylation sites is 1. The largest absolute Gasteiger partial charge is 0.507 e. The molecule has 40 heavy (non-hydrogen) atoms. The second kappa shape index (κ2) is 13.8. The Morgan fingerprint density at radius 2 is 1.80 bits per heavy atom. The lowest BCUT2D eigenvalue weighted by Gasteiger charge is -2.34. The summed E-state index contributed by atoms with van der Waals surface area (Å²) in [6.45, 7) is 4.26. The molecule has 0 aliphatic carbocycles. The number of hydrogen-bond acceptors (Lipinski definition) is 9. The monoisotopic (exact) mass is 550 g/mol. The minimum absolute atomic E-state index is 0.0466. The average Bonchev–Trinajstić information content (AvgIpc) is 3.26. The average molecular weight is 551 g/mol. The Morgan fingerprint density at radius 3 is 2.55 bits per heavy atom. The van der Waals surface area contributed by atoms with Crippen LogP contribution in [0.4, 0.5) is 0 Å². The third-order valence-electron chi connectivity index (χ3n) is 6.87. The number of ketones is 1. The maximum absolute atomic E-state index is 13.0. The van der Waals surface area contributed by atoms with Gasteiger partial charge in [0.15, 0.2) is 5.76 Å². The summed E-state index contributed by atoms with van der Waals surface area (Å²) < 4.78 is 16.5. The van der Waals surface area contributed by atoms with Crippen LogP contribution in [-0.2, 0) is 20.9 Å². The quantitative estimate of drug-likeness (QED) is 0.300. The van der Waals surface area contributed by atoms with Gasteiger partial charge in [0.05, 0.1) is 18.2 Å². The fourth-order valence-corrected chi connectivity index (χ4v) is 4.65. The number of ether oxygens (including phenoxy) is 3. The molecule has 2 aliphatic heterocycles. The number of benzene rings is 2. The number of carboxylic acids is 1. The van der Waals surface area contributed by atoms with Gasteiger partial charge in [0, 0.05) is 57.7 Å². The third-order valence-corrected chi connectivity index (χ3v) is 6.87. The van der Waals surface area contributed by atoms with Crippen LogP contribution >= 0.6 is 0 Å². The maximum atomic E-state index is 13.0. The second-order valence-electron chi connectivity index (χ2n) is 9.59. The van der Waals surface area contributed by atoms with Crippen LogP contribution in [0, 0.1) is 0 Å². The molecule has 2 aliphatic rings. The highest BCUT2D eigenvalue weighted by atomic mass is 16.5. The van der Waals surface area contributed by atoms with Gasteiger partial charge in [-0.3, -0.25) is 24.2 Å². The van der Waals surface area contributed by atoms with E-state index in [9.17, 15) is 19.5 Å². The lowest BCUT2D eigenvalue weighted by atomic mass is 10.0. The number of aromatic hydroxyl groups is 1. The van der Waals surface area contributed by atoms with Crippen LogP contribution in [0.15, 0.2) is 54.3 Å². The van der Waals surface area contributed by atoms with E-state index < -0.39 is 5.97 Å². The Morgan fingerprint density at radius 1 is 1.05 bits per heavy atom. The first-order valence-corrected chi connectivity index (χ1v) is 13.3. The summed E-state index contributed by atoms with van der Waals surface area (Å²) in [5, 5.41) is 19.3. The van der Waals surface area contributed by atoms with Gasteiger partial charge in [-0.1, -0.05) is 30.4 Å². The number of Topliss-reactive ketones (excluding diaryl/α,β-unsaturated/α-hetero) is 1. The molecular formula is C30H34N2O8. The molecule has 10 heteroatoms. The van der Waals surface area contributed by atoms with Crippen LogP contribution in [-0.4, -0.2) is 84.2 Å². The van der Waals surface area contributed by atoms with E-state index in [1.807, 2.05) is 30.3 Å². The Hall–Kier alpha value is -4.15. The van der Waals surface area contributed by atoms with Gasteiger partial charge in [-0.25, -0.2) is 0 Å². The van der Waals surface area contributed by atoms with E-state index in [0.717, 1.165) is 37.5 Å². The first-order chi connectivity index (χ1) is 19.4. The van der Waals surface area contributed by atoms with Gasteiger partial charge < -0.3 is 24.4 Å². The van der Waals surface area contributed by atoms with Crippen molar-refractivity contribution in [1.82, 2.24) is 9.80 Å². The number of rotatable bonds is 12. The minimum atomic E-state index is -0.924. The first kappa shape index (κ1) is 28.8. The smallest absolute Gasteiger partial charge is 0.305 e. The van der Waals surface area contributed by atoms with Crippen molar-refractivity contribution >= 4 is 23.8 Å². The highest BCUT2D eigenvalue weighted by Gasteiger charge is 2.31. The van der Waals surface area contributed by atoms with E-state index in [0.29, 0.717) is 30.0 Å². The molecule has 0 saturated carbocycles. The zero-order chi connectivity index (χ0) is 28.5. The van der Waals surface area contributed by atoms with Gasteiger partial charge in [0.2, 0.25) is 5.78 Å². The number of carbonyl (C=O) groups is 3. The number of fused-ring (bicyclic) bond motifs is 1. The number of phenolic OH excluding ortho intramolecular Hbond substituents is 1. The standard InChI is InChI=1S/C30H34N2O8/c1-38-25-8-3-2-6-21(25)7-4-9-26-29(37)22-12-13-24(33)23(30(22)40-26)20-32-16-14-31(15-17-32)18-19-39-28(36)11-5-10-27(34)35/h2-4,6-9,12-13,33H,5,10-11,14-20H2,1H3,(H,34,35)/b7-4+,26-9-. The SMILES string of the molecule is COc1ccccc1/C=C/C=C1\Oc2c(ccc(O)c2CN2CCN(CCOC(=O)CCCC(=O)O)CC2)C1=O. The van der Waals surface area contributed by atoms with Crippen LogP contribution in [0.2, 0.25) is 0 Å². The van der Waals surface area contributed by atoms with E-state index in [1.54, 1.807) is 25.3 Å². The number of phenols is 1. The van der Waals surface area contributed by atoms with Crippen LogP contribution in [0.3, 0.4) is 0 Å². The molecule has 1 fully saturated rings. The molecule has 0 atom stereocenters. The van der Waals surface area contributed by atoms with Crippen LogP contribution in [0.1, 0.15) is 40.7 Å². The van der Waals surface area contributed by atoms with E-state index in [4.69, 9.17) is 19.3 Å². The molecule has 0 spiro atoms. The molecule has 2 aromatic rings. The highest BCUT2D eigenvalue weighted by molar-refractivity contribution is 6.12. The molecule has 1 saturated heterocycles. The Kier molecular flexibility index (Phi) is 9.93. The van der Waals surface area contributed by atoms with Crippen LogP contribution < -0.4 is 9.47 Å². The van der Waals surface area contributed by atoms with Crippen molar-refractivity contribution in [1.29, 1.82) is 0 Å². The zero-order valence-electron chi connectivity index (χ0n) is 22.5. The molecule has 0 unspecified atom stereocenters. The topological polar surface area (TPSA) is 126 Å². The van der Waals surface area contributed by atoms with E-state index in [1.165, 1.54) is 6.07 Å². The molecule has 2 N–H and O–H groups in total. The number of nitrogens with zero attached hydrogens (tertiary/aromatic N) is 2. The molecule has 4 rings (SSSR count). The van der Waals surface area contributed by atoms with Gasteiger partial charge in [0.1, 0.15) is 23.9 Å². The predicted octanol–water partition coefficient (Wildman–Crippen LogP) is 3.49. The molecule has 10 nitrogen and oxygen atoms in total. The van der Waals surface area contributed by atoms with Crippen molar-refractivity contribution in [2.45, 2.75) is 25.8 Å². The zero-order valence-corrected chi connectivity index (χ0v) is 22.5. The first-order valence-electron chi connectivity index (χ1n) is 13.3. The summed E-state index contributed by atoms with van der Waals surface area (Å²) in [4.78, 5) is 39.6. The Labute approximate surface area is 233 Å². The lowest BCUT2D eigenvalue weighted by molar-refractivity contribution is -0.144. The van der Waals surface area contributed by atoms with E-state index in [-0.39, 0.29) is 49.1 Å². The van der Waals surface area contributed by atoms with Crippen LogP contribution in [0.5, 0.6) is 17.2 Å². The number of methoxy groups -OCH3 is 1. The third kappa shape index (κ3) is 7.49. The molecule has 0 radical (unpaired) electrons. The van der Waals surface area contributed by atoms with Gasteiger partial charge in [0.25, 0.3) is 0 Å². The number of allylic oxidation sites excluding steroid dienone is 3. The summed E-state index contributed by atoms with van der Waals surface area (Å²) in [6, 6.07) is 10.7. The van der Waals surface area contributed by atoms with Crippen molar-refractivity contribution in [3.8, 4) is 17.2 Å². The summed E-state index contributed by atoms with van der Waals surface area (Å²) in [5.41, 5.74) is 1.87. The number of hydrogen-bond donors (Lipinski definition) is 2. The lowest BCUT2D eigenvalue weighted by Crippen LogP contribution is -2.46. The number of carboxylic acid groups (broad SMARTS) is 1. The van der Waals surface area contributed by atoms with Crippen molar-refractivity contribution < 1.29 is 38.8 Å². The predicted molar refractivity (Wildman–Crippen MR) is 147 cm³/mol. The van der Waals surface area contributed by atoms with Crippen LogP contribution in [0.25, 0.3) is 6.08 Å². The molecule has 2 heterocycles. The van der Waals surface area contributed by atoms with Crippen molar-refractivity contribution in [3.63, 3.8) is 0 Å². The summed E-state index contributed by atoms with van der Waals surface area (Å²) in [6.07, 6.45) is 5.52. The minimum Gasteiger partial charge on any atom is -0.507 e.